The van der Waals surface area contributed by atoms with Gasteiger partial charge >= 0.3 is 24.7 Å². The number of halogens is 12. The maximum Gasteiger partial charge on any atom is 0.416 e. The minimum atomic E-state index is -5.04. The molecule has 0 bridgehead atoms. The highest BCUT2D eigenvalue weighted by Crippen LogP contribution is 2.41. The smallest absolute Gasteiger partial charge is 0.166 e. The lowest BCUT2D eigenvalue weighted by atomic mass is 9.91. The maximum atomic E-state index is 13.5. The Morgan fingerprint density at radius 2 is 0.520 bits per heavy atom. The molecule has 0 nitrogen and oxygen atoms in total. The topological polar surface area (TPSA) is 0 Å². The number of benzene rings is 6. The zero-order valence-electron chi connectivity index (χ0n) is 25.1. The van der Waals surface area contributed by atoms with Crippen molar-refractivity contribution in [1.29, 1.82) is 0 Å². The van der Waals surface area contributed by atoms with Gasteiger partial charge in [0.2, 0.25) is 0 Å². The number of hydrogen-bond donors (Lipinski definition) is 0. The molecule has 6 aromatic rings. The Morgan fingerprint density at radius 3 is 0.860 bits per heavy atom. The van der Waals surface area contributed by atoms with Gasteiger partial charge in [-0.15, -0.1) is 0 Å². The van der Waals surface area contributed by atoms with Crippen LogP contribution in [0.3, 0.4) is 0 Å². The summed E-state index contributed by atoms with van der Waals surface area (Å²) in [7, 11) is 0. The van der Waals surface area contributed by atoms with Crippen molar-refractivity contribution in [2.45, 2.75) is 24.7 Å². The second-order valence-corrected chi connectivity index (χ2v) is 11.5. The monoisotopic (exact) mass is 704 g/mol. The van der Waals surface area contributed by atoms with E-state index in [1.54, 1.807) is 36.4 Å². The van der Waals surface area contributed by atoms with E-state index in [0.717, 1.165) is 24.3 Å². The zero-order chi connectivity index (χ0) is 36.2. The number of rotatable bonds is 4. The third-order valence-electron chi connectivity index (χ3n) is 8.12. The van der Waals surface area contributed by atoms with Crippen molar-refractivity contribution in [1.82, 2.24) is 0 Å². The van der Waals surface area contributed by atoms with Crippen LogP contribution in [0.2, 0.25) is 0 Å². The van der Waals surface area contributed by atoms with E-state index in [-0.39, 0.29) is 17.2 Å². The van der Waals surface area contributed by atoms with Gasteiger partial charge in [0, 0.05) is 0 Å². The van der Waals surface area contributed by atoms with Crippen molar-refractivity contribution in [2.24, 2.45) is 0 Å². The van der Waals surface area contributed by atoms with Crippen molar-refractivity contribution >= 4 is 10.8 Å². The van der Waals surface area contributed by atoms with E-state index in [1.807, 2.05) is 0 Å². The quantitative estimate of drug-likeness (QED) is 0.160. The van der Waals surface area contributed by atoms with Crippen LogP contribution in [-0.4, -0.2) is 0 Å². The average Bonchev–Trinajstić information content (AvgIpc) is 3.06. The van der Waals surface area contributed by atoms with Crippen molar-refractivity contribution < 1.29 is 52.7 Å². The fourth-order valence-corrected chi connectivity index (χ4v) is 5.56. The number of hydrogen-bond acceptors (Lipinski definition) is 0. The fourth-order valence-electron chi connectivity index (χ4n) is 5.56. The second kappa shape index (κ2) is 12.3. The molecule has 0 radical (unpaired) electrons. The molecule has 0 spiro atoms. The van der Waals surface area contributed by atoms with Crippen molar-refractivity contribution in [3.63, 3.8) is 0 Å². The first-order valence-electron chi connectivity index (χ1n) is 14.6. The van der Waals surface area contributed by atoms with Gasteiger partial charge in [0.15, 0.2) is 0 Å². The number of fused-ring (bicyclic) bond motifs is 1. The molecule has 0 heterocycles. The molecule has 0 unspecified atom stereocenters. The van der Waals surface area contributed by atoms with E-state index < -0.39 is 47.0 Å². The highest BCUT2D eigenvalue weighted by molar-refractivity contribution is 5.92. The molecular formula is C38H20F12. The molecular weight excluding hydrogens is 684 g/mol. The van der Waals surface area contributed by atoms with Crippen LogP contribution in [0.15, 0.2) is 121 Å². The van der Waals surface area contributed by atoms with Crippen molar-refractivity contribution in [3.8, 4) is 44.5 Å². The summed E-state index contributed by atoms with van der Waals surface area (Å²) >= 11 is 0. The Labute approximate surface area is 276 Å². The Bertz CT molecular complexity index is 2080. The van der Waals surface area contributed by atoms with E-state index in [9.17, 15) is 52.7 Å². The molecule has 50 heavy (non-hydrogen) atoms. The molecule has 0 aliphatic heterocycles. The first-order chi connectivity index (χ1) is 23.3. The van der Waals surface area contributed by atoms with E-state index in [0.29, 0.717) is 56.3 Å². The Morgan fingerprint density at radius 1 is 0.220 bits per heavy atom. The van der Waals surface area contributed by atoms with Gasteiger partial charge in [-0.3, -0.25) is 0 Å². The third-order valence-corrected chi connectivity index (χ3v) is 8.12. The van der Waals surface area contributed by atoms with Crippen LogP contribution in [0.4, 0.5) is 52.7 Å². The molecule has 6 rings (SSSR count). The predicted octanol–water partition coefficient (Wildman–Crippen LogP) is 13.6. The molecule has 0 atom stereocenters. The average molecular weight is 705 g/mol. The van der Waals surface area contributed by atoms with Gasteiger partial charge in [-0.1, -0.05) is 48.5 Å². The summed E-state index contributed by atoms with van der Waals surface area (Å²) in [4.78, 5) is 0. The molecule has 12 heteroatoms. The van der Waals surface area contributed by atoms with Crippen LogP contribution in [0, 0.1) is 0 Å². The SMILES string of the molecule is FC(F)(F)c1ccc(-c2cc(-c3ccc(C(F)(F)F)cc3)cc(-c3ccc4ccc(-c5cc(C(F)(F)F)cc(C(F)(F)F)c5)cc4c3)c2)cc1. The van der Waals surface area contributed by atoms with E-state index >= 15 is 0 Å². The Balaban J connectivity index is 1.48. The van der Waals surface area contributed by atoms with E-state index in [1.165, 1.54) is 42.5 Å². The first kappa shape index (κ1) is 34.6. The van der Waals surface area contributed by atoms with Crippen LogP contribution in [-0.2, 0) is 24.7 Å². The largest absolute Gasteiger partial charge is 0.416 e. The molecule has 0 saturated carbocycles. The molecule has 256 valence electrons. The molecule has 0 saturated heterocycles. The van der Waals surface area contributed by atoms with Gasteiger partial charge in [0.25, 0.3) is 0 Å². The molecule has 0 aliphatic carbocycles. The molecule has 6 aromatic carbocycles. The van der Waals surface area contributed by atoms with Gasteiger partial charge < -0.3 is 0 Å². The van der Waals surface area contributed by atoms with E-state index in [2.05, 4.69) is 0 Å². The third kappa shape index (κ3) is 7.34. The lowest BCUT2D eigenvalue weighted by Crippen LogP contribution is -2.11. The fraction of sp³-hybridized carbons (Fsp3) is 0.105. The van der Waals surface area contributed by atoms with Crippen LogP contribution >= 0.6 is 0 Å². The van der Waals surface area contributed by atoms with E-state index in [4.69, 9.17) is 0 Å². The molecule has 0 amide bonds. The number of alkyl halides is 12. The van der Waals surface area contributed by atoms with Crippen LogP contribution in [0.25, 0.3) is 55.3 Å². The highest BCUT2D eigenvalue weighted by Gasteiger charge is 2.37. The van der Waals surface area contributed by atoms with Gasteiger partial charge in [-0.05, 0) is 128 Å². The van der Waals surface area contributed by atoms with Crippen molar-refractivity contribution in [3.05, 3.63) is 144 Å². The second-order valence-electron chi connectivity index (χ2n) is 11.5. The van der Waals surface area contributed by atoms with Crippen LogP contribution < -0.4 is 0 Å². The zero-order valence-corrected chi connectivity index (χ0v) is 25.1. The Hall–Kier alpha value is -5.26. The van der Waals surface area contributed by atoms with Gasteiger partial charge in [0.05, 0.1) is 22.3 Å². The Kier molecular flexibility index (Phi) is 8.48. The van der Waals surface area contributed by atoms with Crippen LogP contribution in [0.5, 0.6) is 0 Å². The maximum absolute atomic E-state index is 13.5. The summed E-state index contributed by atoms with van der Waals surface area (Å²) in [6, 6.07) is 24.2. The summed E-state index contributed by atoms with van der Waals surface area (Å²) in [5.41, 5.74) is -2.31. The minimum absolute atomic E-state index is 0.0422. The lowest BCUT2D eigenvalue weighted by molar-refractivity contribution is -0.143. The lowest BCUT2D eigenvalue weighted by Gasteiger charge is -2.15. The molecule has 0 N–H and O–H groups in total. The van der Waals surface area contributed by atoms with Gasteiger partial charge in [-0.25, -0.2) is 0 Å². The van der Waals surface area contributed by atoms with Gasteiger partial charge in [0.1, 0.15) is 0 Å². The summed E-state index contributed by atoms with van der Waals surface area (Å²) in [5.74, 6) is 0. The summed E-state index contributed by atoms with van der Waals surface area (Å²) < 4.78 is 161. The first-order valence-corrected chi connectivity index (χ1v) is 14.6. The highest BCUT2D eigenvalue weighted by atomic mass is 19.4. The summed E-state index contributed by atoms with van der Waals surface area (Å²) in [5, 5.41) is 1.05. The van der Waals surface area contributed by atoms with Crippen LogP contribution in [0.1, 0.15) is 22.3 Å². The minimum Gasteiger partial charge on any atom is -0.166 e. The van der Waals surface area contributed by atoms with Gasteiger partial charge in [-0.2, -0.15) is 52.7 Å². The molecule has 0 aromatic heterocycles. The summed E-state index contributed by atoms with van der Waals surface area (Å²) in [6.45, 7) is 0. The summed E-state index contributed by atoms with van der Waals surface area (Å²) in [6.07, 6.45) is -19.2. The van der Waals surface area contributed by atoms with Crippen molar-refractivity contribution in [2.75, 3.05) is 0 Å². The molecule has 0 aliphatic rings. The standard InChI is InChI=1S/C38H20F12/c39-35(40,41)31-9-5-22(6-10-31)27-15-28(23-7-11-32(12-8-23)36(42,43)44)17-29(16-27)24-3-1-21-2-4-25(14-26(21)13-24)30-18-33(37(45,46)47)20-34(19-30)38(48,49)50/h1-20H. The molecule has 0 fully saturated rings. The predicted molar refractivity (Wildman–Crippen MR) is 166 cm³/mol. The normalized spacial score (nSPS) is 12.8.